The molecule has 1 aromatic rings. The third kappa shape index (κ3) is 4.32. The highest BCUT2D eigenvalue weighted by Gasteiger charge is 2.21. The Morgan fingerprint density at radius 3 is 2.74 bits per heavy atom. The first-order chi connectivity index (χ1) is 8.99. The van der Waals surface area contributed by atoms with Crippen molar-refractivity contribution in [1.29, 1.82) is 5.26 Å². The molecular weight excluding hydrogens is 258 g/mol. The molecule has 104 valence electrons. The fraction of sp³-hybridized carbons (Fsp3) is 0.643. The molecule has 0 saturated carbocycles. The lowest BCUT2D eigenvalue weighted by Crippen LogP contribution is -2.31. The van der Waals surface area contributed by atoms with Gasteiger partial charge >= 0.3 is 0 Å². The van der Waals surface area contributed by atoms with Crippen LogP contribution >= 0.6 is 11.3 Å². The van der Waals surface area contributed by atoms with Gasteiger partial charge in [0.1, 0.15) is 4.88 Å². The van der Waals surface area contributed by atoms with E-state index in [0.29, 0.717) is 25.4 Å². The number of carbonyl (C=O) groups is 1. The molecule has 4 nitrogen and oxygen atoms in total. The molecule has 1 aromatic heterocycles. The van der Waals surface area contributed by atoms with E-state index < -0.39 is 0 Å². The zero-order valence-electron chi connectivity index (χ0n) is 12.1. The van der Waals surface area contributed by atoms with Crippen LogP contribution in [-0.4, -0.2) is 28.9 Å². The van der Waals surface area contributed by atoms with Gasteiger partial charge in [-0.25, -0.2) is 4.98 Å². The summed E-state index contributed by atoms with van der Waals surface area (Å²) in [4.78, 5) is 19.4. The van der Waals surface area contributed by atoms with Gasteiger partial charge in [0.15, 0.2) is 0 Å². The number of nitrogens with zero attached hydrogens (tertiary/aromatic N) is 3. The Labute approximate surface area is 119 Å². The van der Waals surface area contributed by atoms with E-state index in [9.17, 15) is 4.79 Å². The minimum Gasteiger partial charge on any atom is -0.337 e. The largest absolute Gasteiger partial charge is 0.337 e. The molecule has 0 N–H and O–H groups in total. The Morgan fingerprint density at radius 2 is 2.21 bits per heavy atom. The SMILES string of the molecule is CCN(CCC#N)C(=O)c1sc(C)nc1CC(C)C. The zero-order valence-corrected chi connectivity index (χ0v) is 12.9. The van der Waals surface area contributed by atoms with E-state index in [1.54, 1.807) is 4.90 Å². The van der Waals surface area contributed by atoms with Gasteiger partial charge < -0.3 is 4.90 Å². The Kier molecular flexibility index (Phi) is 5.97. The minimum atomic E-state index is 0.0130. The molecule has 1 rings (SSSR count). The predicted octanol–water partition coefficient (Wildman–Crippen LogP) is 3.03. The number of aryl methyl sites for hydroxylation is 1. The first-order valence-electron chi connectivity index (χ1n) is 6.62. The molecule has 19 heavy (non-hydrogen) atoms. The lowest BCUT2D eigenvalue weighted by atomic mass is 10.1. The van der Waals surface area contributed by atoms with Crippen LogP contribution in [0.5, 0.6) is 0 Å². The normalized spacial score (nSPS) is 10.5. The van der Waals surface area contributed by atoms with E-state index in [0.717, 1.165) is 22.0 Å². The first-order valence-corrected chi connectivity index (χ1v) is 7.43. The second kappa shape index (κ2) is 7.25. The van der Waals surface area contributed by atoms with Gasteiger partial charge in [-0.1, -0.05) is 13.8 Å². The van der Waals surface area contributed by atoms with Crippen molar-refractivity contribution in [2.75, 3.05) is 13.1 Å². The van der Waals surface area contributed by atoms with Crippen molar-refractivity contribution < 1.29 is 4.79 Å². The highest BCUT2D eigenvalue weighted by atomic mass is 32.1. The third-order valence-electron chi connectivity index (χ3n) is 2.76. The molecule has 0 aromatic carbocycles. The lowest BCUT2D eigenvalue weighted by molar-refractivity contribution is 0.0771. The zero-order chi connectivity index (χ0) is 14.4. The molecule has 0 spiro atoms. The number of hydrogen-bond donors (Lipinski definition) is 0. The average molecular weight is 279 g/mol. The van der Waals surface area contributed by atoms with Gasteiger partial charge in [0.25, 0.3) is 5.91 Å². The van der Waals surface area contributed by atoms with Gasteiger partial charge in [0.05, 0.1) is 23.2 Å². The van der Waals surface area contributed by atoms with E-state index in [-0.39, 0.29) is 5.91 Å². The predicted molar refractivity (Wildman–Crippen MR) is 77.2 cm³/mol. The number of nitriles is 1. The average Bonchev–Trinajstić information content (AvgIpc) is 2.70. The summed E-state index contributed by atoms with van der Waals surface area (Å²) >= 11 is 1.46. The maximum absolute atomic E-state index is 12.5. The lowest BCUT2D eigenvalue weighted by Gasteiger charge is -2.19. The van der Waals surface area contributed by atoms with E-state index in [4.69, 9.17) is 5.26 Å². The monoisotopic (exact) mass is 279 g/mol. The number of amides is 1. The molecule has 0 unspecified atom stereocenters. The van der Waals surface area contributed by atoms with Crippen LogP contribution in [0.4, 0.5) is 0 Å². The maximum Gasteiger partial charge on any atom is 0.265 e. The van der Waals surface area contributed by atoms with Crippen molar-refractivity contribution in [3.05, 3.63) is 15.6 Å². The van der Waals surface area contributed by atoms with Crippen molar-refractivity contribution in [1.82, 2.24) is 9.88 Å². The summed E-state index contributed by atoms with van der Waals surface area (Å²) in [6.07, 6.45) is 1.19. The van der Waals surface area contributed by atoms with E-state index in [1.165, 1.54) is 11.3 Å². The van der Waals surface area contributed by atoms with Crippen LogP contribution in [-0.2, 0) is 6.42 Å². The molecule has 5 heteroatoms. The van der Waals surface area contributed by atoms with Gasteiger partial charge in [0, 0.05) is 13.1 Å². The summed E-state index contributed by atoms with van der Waals surface area (Å²) in [7, 11) is 0. The summed E-state index contributed by atoms with van der Waals surface area (Å²) in [5.74, 6) is 0.487. The molecule has 1 heterocycles. The summed E-state index contributed by atoms with van der Waals surface area (Å²) < 4.78 is 0. The highest BCUT2D eigenvalue weighted by molar-refractivity contribution is 7.13. The van der Waals surface area contributed by atoms with Gasteiger partial charge in [0.2, 0.25) is 0 Å². The first kappa shape index (κ1) is 15.6. The quantitative estimate of drug-likeness (QED) is 0.804. The van der Waals surface area contributed by atoms with Gasteiger partial charge in [-0.05, 0) is 26.2 Å². The molecule has 0 saturated heterocycles. The van der Waals surface area contributed by atoms with E-state index in [2.05, 4.69) is 24.9 Å². The molecule has 0 aliphatic heterocycles. The Hall–Kier alpha value is -1.41. The number of thiazole rings is 1. The highest BCUT2D eigenvalue weighted by Crippen LogP contribution is 2.22. The smallest absolute Gasteiger partial charge is 0.265 e. The number of carbonyl (C=O) groups excluding carboxylic acids is 1. The van der Waals surface area contributed by atoms with Crippen LogP contribution in [0.1, 0.15) is 47.6 Å². The van der Waals surface area contributed by atoms with Crippen molar-refractivity contribution in [2.24, 2.45) is 5.92 Å². The Morgan fingerprint density at radius 1 is 1.53 bits per heavy atom. The van der Waals surface area contributed by atoms with Crippen molar-refractivity contribution in [2.45, 2.75) is 40.5 Å². The third-order valence-corrected chi connectivity index (χ3v) is 3.76. The van der Waals surface area contributed by atoms with Crippen LogP contribution in [0.25, 0.3) is 0 Å². The molecule has 0 aliphatic rings. The second-order valence-electron chi connectivity index (χ2n) is 4.90. The molecule has 0 bridgehead atoms. The minimum absolute atomic E-state index is 0.0130. The van der Waals surface area contributed by atoms with Gasteiger partial charge in [-0.2, -0.15) is 5.26 Å². The van der Waals surface area contributed by atoms with Crippen LogP contribution < -0.4 is 0 Å². The van der Waals surface area contributed by atoms with Crippen LogP contribution in [0.15, 0.2) is 0 Å². The van der Waals surface area contributed by atoms with E-state index in [1.807, 2.05) is 13.8 Å². The van der Waals surface area contributed by atoms with Crippen LogP contribution in [0, 0.1) is 24.2 Å². The standard InChI is InChI=1S/C14H21N3OS/c1-5-17(8-6-7-15)14(18)13-12(9-10(2)3)16-11(4)19-13/h10H,5-6,8-9H2,1-4H3. The second-order valence-corrected chi connectivity index (χ2v) is 6.10. The number of aromatic nitrogens is 1. The Balaban J connectivity index is 2.94. The van der Waals surface area contributed by atoms with Gasteiger partial charge in [-0.3, -0.25) is 4.79 Å². The van der Waals surface area contributed by atoms with Crippen LogP contribution in [0.2, 0.25) is 0 Å². The maximum atomic E-state index is 12.5. The molecule has 0 atom stereocenters. The number of hydrogen-bond acceptors (Lipinski definition) is 4. The molecule has 1 amide bonds. The molecule has 0 radical (unpaired) electrons. The van der Waals surface area contributed by atoms with Crippen molar-refractivity contribution in [3.8, 4) is 6.07 Å². The molecular formula is C14H21N3OS. The fourth-order valence-electron chi connectivity index (χ4n) is 1.89. The van der Waals surface area contributed by atoms with Crippen molar-refractivity contribution in [3.63, 3.8) is 0 Å². The molecule has 0 fully saturated rings. The van der Waals surface area contributed by atoms with Gasteiger partial charge in [-0.15, -0.1) is 11.3 Å². The summed E-state index contributed by atoms with van der Waals surface area (Å²) in [5.41, 5.74) is 0.901. The molecule has 0 aliphatic carbocycles. The topological polar surface area (TPSA) is 57.0 Å². The number of rotatable bonds is 6. The summed E-state index contributed by atoms with van der Waals surface area (Å²) in [5, 5.41) is 9.57. The van der Waals surface area contributed by atoms with Crippen molar-refractivity contribution >= 4 is 17.2 Å². The van der Waals surface area contributed by atoms with Crippen LogP contribution in [0.3, 0.4) is 0 Å². The summed E-state index contributed by atoms with van der Waals surface area (Å²) in [6.45, 7) is 9.22. The fourth-order valence-corrected chi connectivity index (χ4v) is 2.81. The Bertz CT molecular complexity index is 474. The van der Waals surface area contributed by atoms with E-state index >= 15 is 0 Å². The summed E-state index contributed by atoms with van der Waals surface area (Å²) in [6, 6.07) is 2.08.